The van der Waals surface area contributed by atoms with Crippen LogP contribution in [0.3, 0.4) is 0 Å². The minimum atomic E-state index is 0.451. The molecule has 0 bridgehead atoms. The highest BCUT2D eigenvalue weighted by atomic mass is 14.8. The highest BCUT2D eigenvalue weighted by Crippen LogP contribution is 2.43. The zero-order valence-electron chi connectivity index (χ0n) is 7.36. The van der Waals surface area contributed by atoms with E-state index in [1.165, 1.54) is 0 Å². The van der Waals surface area contributed by atoms with Crippen LogP contribution in [0.4, 0.5) is 0 Å². The molecule has 0 heterocycles. The molecule has 1 unspecified atom stereocenters. The Morgan fingerprint density at radius 1 is 1.50 bits per heavy atom. The molecule has 1 N–H and O–H groups in total. The van der Waals surface area contributed by atoms with Crippen molar-refractivity contribution in [3.05, 3.63) is 11.6 Å². The van der Waals surface area contributed by atoms with Crippen LogP contribution in [0.15, 0.2) is 11.6 Å². The monoisotopic (exact) mass is 139 g/mol. The SMILES string of the molecule is CNCC1=CC1C(C)(C)C. The molecule has 0 spiro atoms. The van der Waals surface area contributed by atoms with Gasteiger partial charge in [-0.15, -0.1) is 0 Å². The second kappa shape index (κ2) is 2.39. The van der Waals surface area contributed by atoms with E-state index in [2.05, 4.69) is 32.2 Å². The van der Waals surface area contributed by atoms with E-state index in [4.69, 9.17) is 0 Å². The predicted octanol–water partition coefficient (Wildman–Crippen LogP) is 1.81. The number of likely N-dealkylation sites (N-methyl/N-ethyl adjacent to an activating group) is 1. The maximum atomic E-state index is 3.16. The number of nitrogens with one attached hydrogen (secondary N) is 1. The van der Waals surface area contributed by atoms with Crippen LogP contribution in [-0.4, -0.2) is 13.6 Å². The lowest BCUT2D eigenvalue weighted by atomic mass is 9.87. The maximum absolute atomic E-state index is 3.16. The smallest absolute Gasteiger partial charge is 0.0167 e. The van der Waals surface area contributed by atoms with Crippen molar-refractivity contribution in [1.29, 1.82) is 0 Å². The first-order valence-electron chi connectivity index (χ1n) is 3.91. The summed E-state index contributed by atoms with van der Waals surface area (Å²) in [5.74, 6) is 0.764. The second-order valence-electron chi connectivity index (χ2n) is 4.12. The van der Waals surface area contributed by atoms with Gasteiger partial charge in [0.1, 0.15) is 0 Å². The standard InChI is InChI=1S/C9H17N/c1-9(2,3)8-5-7(8)6-10-4/h5,8,10H,6H2,1-4H3. The Balaban J connectivity index is 2.29. The molecule has 1 heteroatoms. The van der Waals surface area contributed by atoms with Crippen LogP contribution in [-0.2, 0) is 0 Å². The van der Waals surface area contributed by atoms with E-state index in [9.17, 15) is 0 Å². The fraction of sp³-hybridized carbons (Fsp3) is 0.778. The Bertz CT molecular complexity index is 151. The van der Waals surface area contributed by atoms with Gasteiger partial charge >= 0.3 is 0 Å². The third kappa shape index (κ3) is 1.60. The molecule has 1 aliphatic carbocycles. The van der Waals surface area contributed by atoms with Gasteiger partial charge in [-0.25, -0.2) is 0 Å². The van der Waals surface area contributed by atoms with Crippen molar-refractivity contribution in [3.8, 4) is 0 Å². The molecule has 0 aliphatic heterocycles. The van der Waals surface area contributed by atoms with E-state index < -0.39 is 0 Å². The molecule has 0 aromatic rings. The van der Waals surface area contributed by atoms with E-state index in [1.807, 2.05) is 7.05 Å². The molecule has 10 heavy (non-hydrogen) atoms. The number of allylic oxidation sites excluding steroid dienone is 1. The first-order chi connectivity index (χ1) is 4.55. The van der Waals surface area contributed by atoms with Crippen molar-refractivity contribution in [1.82, 2.24) is 5.32 Å². The van der Waals surface area contributed by atoms with Crippen molar-refractivity contribution in [2.45, 2.75) is 20.8 Å². The van der Waals surface area contributed by atoms with Gasteiger partial charge < -0.3 is 5.32 Å². The molecule has 0 aromatic heterocycles. The van der Waals surface area contributed by atoms with Crippen molar-refractivity contribution < 1.29 is 0 Å². The Kier molecular flexibility index (Phi) is 1.86. The summed E-state index contributed by atoms with van der Waals surface area (Å²) in [5.41, 5.74) is 2.03. The van der Waals surface area contributed by atoms with Gasteiger partial charge in [0.2, 0.25) is 0 Å². The zero-order chi connectivity index (χ0) is 7.78. The topological polar surface area (TPSA) is 12.0 Å². The Morgan fingerprint density at radius 2 is 2.10 bits per heavy atom. The van der Waals surface area contributed by atoms with Crippen LogP contribution in [0.5, 0.6) is 0 Å². The van der Waals surface area contributed by atoms with Gasteiger partial charge in [0.15, 0.2) is 0 Å². The first kappa shape index (κ1) is 7.80. The van der Waals surface area contributed by atoms with Crippen molar-refractivity contribution >= 4 is 0 Å². The third-order valence-corrected chi connectivity index (χ3v) is 1.99. The van der Waals surface area contributed by atoms with E-state index >= 15 is 0 Å². The highest BCUT2D eigenvalue weighted by molar-refractivity contribution is 5.33. The van der Waals surface area contributed by atoms with Crippen molar-refractivity contribution in [3.63, 3.8) is 0 Å². The molecule has 1 aliphatic rings. The molecule has 0 saturated heterocycles. The summed E-state index contributed by atoms with van der Waals surface area (Å²) in [4.78, 5) is 0. The van der Waals surface area contributed by atoms with E-state index in [-0.39, 0.29) is 0 Å². The second-order valence-corrected chi connectivity index (χ2v) is 4.12. The molecule has 1 nitrogen and oxygen atoms in total. The molecule has 1 atom stereocenters. The average Bonchev–Trinajstić information content (AvgIpc) is 2.44. The first-order valence-corrected chi connectivity index (χ1v) is 3.91. The highest BCUT2D eigenvalue weighted by Gasteiger charge is 2.34. The number of rotatable bonds is 2. The quantitative estimate of drug-likeness (QED) is 0.575. The lowest BCUT2D eigenvalue weighted by molar-refractivity contribution is 0.365. The maximum Gasteiger partial charge on any atom is 0.0167 e. The summed E-state index contributed by atoms with van der Waals surface area (Å²) in [6.07, 6.45) is 2.36. The lowest BCUT2D eigenvalue weighted by Gasteiger charge is -2.18. The summed E-state index contributed by atoms with van der Waals surface area (Å²) in [6, 6.07) is 0. The van der Waals surface area contributed by atoms with Crippen LogP contribution in [0.2, 0.25) is 0 Å². The molecule has 0 aromatic carbocycles. The summed E-state index contributed by atoms with van der Waals surface area (Å²) in [5, 5.41) is 3.16. The fourth-order valence-electron chi connectivity index (χ4n) is 1.35. The molecule has 0 fully saturated rings. The van der Waals surface area contributed by atoms with E-state index in [0.717, 1.165) is 12.5 Å². The summed E-state index contributed by atoms with van der Waals surface area (Å²) in [6.45, 7) is 7.94. The molecule has 1 rings (SSSR count). The predicted molar refractivity (Wildman–Crippen MR) is 45.0 cm³/mol. The lowest BCUT2D eigenvalue weighted by Crippen LogP contribution is -2.15. The minimum absolute atomic E-state index is 0.451. The number of hydrogen-bond donors (Lipinski definition) is 1. The van der Waals surface area contributed by atoms with Crippen LogP contribution in [0.25, 0.3) is 0 Å². The van der Waals surface area contributed by atoms with Gasteiger partial charge in [0.25, 0.3) is 0 Å². The van der Waals surface area contributed by atoms with E-state index in [1.54, 1.807) is 5.57 Å². The third-order valence-electron chi connectivity index (χ3n) is 1.99. The van der Waals surface area contributed by atoms with Gasteiger partial charge in [-0.3, -0.25) is 0 Å². The molecular formula is C9H17N. The van der Waals surface area contributed by atoms with E-state index in [0.29, 0.717) is 5.41 Å². The van der Waals surface area contributed by atoms with Crippen molar-refractivity contribution in [2.75, 3.05) is 13.6 Å². The Labute approximate surface area is 63.5 Å². The molecule has 0 radical (unpaired) electrons. The zero-order valence-corrected chi connectivity index (χ0v) is 7.36. The summed E-state index contributed by atoms with van der Waals surface area (Å²) < 4.78 is 0. The normalized spacial score (nSPS) is 24.4. The van der Waals surface area contributed by atoms with Crippen molar-refractivity contribution in [2.24, 2.45) is 11.3 Å². The minimum Gasteiger partial charge on any atom is -0.316 e. The molecule has 0 saturated carbocycles. The molecule has 0 amide bonds. The Morgan fingerprint density at radius 3 is 2.40 bits per heavy atom. The van der Waals surface area contributed by atoms with Gasteiger partial charge in [0, 0.05) is 12.5 Å². The van der Waals surface area contributed by atoms with Crippen LogP contribution >= 0.6 is 0 Å². The summed E-state index contributed by atoms with van der Waals surface area (Å²) >= 11 is 0. The van der Waals surface area contributed by atoms with Crippen LogP contribution in [0, 0.1) is 11.3 Å². The molecular weight excluding hydrogens is 122 g/mol. The van der Waals surface area contributed by atoms with Gasteiger partial charge in [-0.1, -0.05) is 32.4 Å². The van der Waals surface area contributed by atoms with Gasteiger partial charge in [0.05, 0.1) is 0 Å². The van der Waals surface area contributed by atoms with Gasteiger partial charge in [-0.2, -0.15) is 0 Å². The van der Waals surface area contributed by atoms with Crippen LogP contribution < -0.4 is 5.32 Å². The number of hydrogen-bond acceptors (Lipinski definition) is 1. The summed E-state index contributed by atoms with van der Waals surface area (Å²) in [7, 11) is 2.00. The van der Waals surface area contributed by atoms with Crippen LogP contribution in [0.1, 0.15) is 20.8 Å². The Hall–Kier alpha value is -0.300. The largest absolute Gasteiger partial charge is 0.316 e. The average molecular weight is 139 g/mol. The van der Waals surface area contributed by atoms with Gasteiger partial charge in [-0.05, 0) is 12.5 Å². The molecule has 58 valence electrons. The fourth-order valence-corrected chi connectivity index (χ4v) is 1.35.